The third-order valence-corrected chi connectivity index (χ3v) is 4.01. The second-order valence-corrected chi connectivity index (χ2v) is 5.76. The molecule has 0 amide bonds. The van der Waals surface area contributed by atoms with Gasteiger partial charge < -0.3 is 10.0 Å². The monoisotopic (exact) mass is 342 g/mol. The Hall–Kier alpha value is -2.23. The highest BCUT2D eigenvalue weighted by molar-refractivity contribution is 5.31. The van der Waals surface area contributed by atoms with E-state index in [4.69, 9.17) is 0 Å². The van der Waals surface area contributed by atoms with Crippen LogP contribution >= 0.6 is 0 Å². The van der Waals surface area contributed by atoms with E-state index >= 15 is 0 Å². The van der Waals surface area contributed by atoms with Crippen LogP contribution in [0.2, 0.25) is 0 Å². The van der Waals surface area contributed by atoms with E-state index in [1.807, 2.05) is 0 Å². The molecule has 2 aromatic heterocycles. The van der Waals surface area contributed by atoms with Gasteiger partial charge in [0.25, 0.3) is 0 Å². The Kier molecular flexibility index (Phi) is 4.39. The van der Waals surface area contributed by atoms with E-state index in [1.165, 1.54) is 0 Å². The summed E-state index contributed by atoms with van der Waals surface area (Å²) in [6.07, 6.45) is -0.967. The Morgan fingerprint density at radius 2 is 2.00 bits per heavy atom. The number of aliphatic hydroxyl groups is 1. The fraction of sp³-hybridized carbons (Fsp3) is 0.571. The largest absolute Gasteiger partial charge is 0.433 e. The molecule has 1 saturated heterocycles. The lowest BCUT2D eigenvalue weighted by molar-refractivity contribution is -0.141. The summed E-state index contributed by atoms with van der Waals surface area (Å²) < 4.78 is 39.9. The molecule has 3 rings (SSSR count). The van der Waals surface area contributed by atoms with Gasteiger partial charge in [-0.05, 0) is 25.8 Å². The number of halogens is 3. The van der Waals surface area contributed by atoms with Crippen molar-refractivity contribution in [2.45, 2.75) is 38.1 Å². The quantitative estimate of drug-likeness (QED) is 0.919. The lowest BCUT2D eigenvalue weighted by Gasteiger charge is -2.31. The lowest BCUT2D eigenvalue weighted by atomic mass is 10.1. The Morgan fingerprint density at radius 1 is 1.29 bits per heavy atom. The van der Waals surface area contributed by atoms with Crippen molar-refractivity contribution in [2.75, 3.05) is 18.0 Å². The van der Waals surface area contributed by atoms with Crippen molar-refractivity contribution >= 4 is 5.95 Å². The number of alkyl halides is 3. The van der Waals surface area contributed by atoms with Gasteiger partial charge in [0.1, 0.15) is 11.4 Å². The normalized spacial score (nSPS) is 18.0. The zero-order valence-electron chi connectivity index (χ0n) is 13.0. The third-order valence-electron chi connectivity index (χ3n) is 4.01. The van der Waals surface area contributed by atoms with Gasteiger partial charge in [-0.15, -0.1) is 5.10 Å². The van der Waals surface area contributed by atoms with Gasteiger partial charge >= 0.3 is 6.18 Å². The molecule has 130 valence electrons. The second kappa shape index (κ2) is 6.34. The molecule has 0 saturated carbocycles. The molecule has 24 heavy (non-hydrogen) atoms. The molecule has 1 atom stereocenters. The summed E-state index contributed by atoms with van der Waals surface area (Å²) in [6, 6.07) is 0.954. The van der Waals surface area contributed by atoms with Crippen molar-refractivity contribution in [2.24, 2.45) is 0 Å². The smallest absolute Gasteiger partial charge is 0.387 e. The van der Waals surface area contributed by atoms with Gasteiger partial charge in [-0.2, -0.15) is 13.2 Å². The minimum atomic E-state index is -4.48. The van der Waals surface area contributed by atoms with Crippen LogP contribution in [0.5, 0.6) is 0 Å². The van der Waals surface area contributed by atoms with Crippen molar-refractivity contribution in [3.05, 3.63) is 29.8 Å². The molecule has 7 nitrogen and oxygen atoms in total. The summed E-state index contributed by atoms with van der Waals surface area (Å²) in [7, 11) is 0. The van der Waals surface area contributed by atoms with Crippen molar-refractivity contribution in [3.63, 3.8) is 0 Å². The van der Waals surface area contributed by atoms with Crippen LogP contribution in [0.4, 0.5) is 19.1 Å². The zero-order chi connectivity index (χ0) is 17.3. The highest BCUT2D eigenvalue weighted by atomic mass is 19.4. The van der Waals surface area contributed by atoms with E-state index < -0.39 is 18.0 Å². The molecule has 0 unspecified atom stereocenters. The van der Waals surface area contributed by atoms with Gasteiger partial charge in [0.15, 0.2) is 0 Å². The minimum Gasteiger partial charge on any atom is -0.387 e. The van der Waals surface area contributed by atoms with Crippen LogP contribution < -0.4 is 4.90 Å². The highest BCUT2D eigenvalue weighted by Gasteiger charge is 2.33. The van der Waals surface area contributed by atoms with Gasteiger partial charge in [0, 0.05) is 19.3 Å². The number of nitrogens with zero attached hydrogens (tertiary/aromatic N) is 6. The van der Waals surface area contributed by atoms with E-state index in [9.17, 15) is 18.3 Å². The first-order valence-corrected chi connectivity index (χ1v) is 7.59. The van der Waals surface area contributed by atoms with Crippen LogP contribution in [0, 0.1) is 0 Å². The summed E-state index contributed by atoms with van der Waals surface area (Å²) in [5.41, 5.74) is -0.439. The molecule has 1 aliphatic heterocycles. The number of anilines is 1. The number of rotatable bonds is 3. The van der Waals surface area contributed by atoms with Gasteiger partial charge in [-0.1, -0.05) is 5.21 Å². The molecule has 1 aliphatic rings. The van der Waals surface area contributed by atoms with Gasteiger partial charge in [-0.25, -0.2) is 14.6 Å². The van der Waals surface area contributed by atoms with Crippen LogP contribution in [0.3, 0.4) is 0 Å². The van der Waals surface area contributed by atoms with Gasteiger partial charge in [-0.3, -0.25) is 0 Å². The predicted octanol–water partition coefficient (Wildman–Crippen LogP) is 1.98. The maximum absolute atomic E-state index is 12.7. The summed E-state index contributed by atoms with van der Waals surface area (Å²) in [6.45, 7) is 2.66. The number of piperidine rings is 1. The SMILES string of the molecule is C[C@H](O)c1cn(C2CCN(c3nccc(C(F)(F)F)n3)CC2)nn1. The zero-order valence-corrected chi connectivity index (χ0v) is 13.0. The van der Waals surface area contributed by atoms with E-state index in [0.717, 1.165) is 12.3 Å². The summed E-state index contributed by atoms with van der Waals surface area (Å²) in [5.74, 6) is 0.0894. The highest BCUT2D eigenvalue weighted by Crippen LogP contribution is 2.29. The predicted molar refractivity (Wildman–Crippen MR) is 78.2 cm³/mol. The lowest BCUT2D eigenvalue weighted by Crippen LogP contribution is -2.36. The first-order chi connectivity index (χ1) is 11.3. The number of hydrogen-bond donors (Lipinski definition) is 1. The minimum absolute atomic E-state index is 0.0894. The molecule has 0 aromatic carbocycles. The van der Waals surface area contributed by atoms with Crippen molar-refractivity contribution < 1.29 is 18.3 Å². The summed E-state index contributed by atoms with van der Waals surface area (Å²) in [4.78, 5) is 9.30. The van der Waals surface area contributed by atoms with Crippen LogP contribution in [-0.2, 0) is 6.18 Å². The molecule has 0 bridgehead atoms. The summed E-state index contributed by atoms with van der Waals surface area (Å²) >= 11 is 0. The third kappa shape index (κ3) is 3.48. The fourth-order valence-corrected chi connectivity index (χ4v) is 2.65. The molecular formula is C14H17F3N6O. The van der Waals surface area contributed by atoms with Crippen molar-refractivity contribution in [1.29, 1.82) is 0 Å². The van der Waals surface area contributed by atoms with Crippen LogP contribution in [0.15, 0.2) is 18.5 Å². The van der Waals surface area contributed by atoms with Crippen molar-refractivity contribution in [3.8, 4) is 0 Å². The Balaban J connectivity index is 1.66. The summed E-state index contributed by atoms with van der Waals surface area (Å²) in [5, 5.41) is 17.4. The maximum Gasteiger partial charge on any atom is 0.433 e. The average molecular weight is 342 g/mol. The number of aliphatic hydroxyl groups excluding tert-OH is 1. The Bertz CT molecular complexity index is 694. The van der Waals surface area contributed by atoms with Gasteiger partial charge in [0.2, 0.25) is 5.95 Å². The van der Waals surface area contributed by atoms with E-state index in [-0.39, 0.29) is 12.0 Å². The molecule has 10 heteroatoms. The first kappa shape index (κ1) is 16.6. The topological polar surface area (TPSA) is 80.0 Å². The fourth-order valence-electron chi connectivity index (χ4n) is 2.65. The van der Waals surface area contributed by atoms with Crippen LogP contribution in [0.25, 0.3) is 0 Å². The molecule has 1 fully saturated rings. The average Bonchev–Trinajstić information content (AvgIpc) is 3.05. The molecular weight excluding hydrogens is 325 g/mol. The van der Waals surface area contributed by atoms with Crippen LogP contribution in [-0.4, -0.2) is 43.2 Å². The van der Waals surface area contributed by atoms with Crippen molar-refractivity contribution in [1.82, 2.24) is 25.0 Å². The van der Waals surface area contributed by atoms with E-state index in [2.05, 4.69) is 20.3 Å². The number of hydrogen-bond acceptors (Lipinski definition) is 6. The first-order valence-electron chi connectivity index (χ1n) is 7.59. The van der Waals surface area contributed by atoms with Gasteiger partial charge in [0.05, 0.1) is 18.3 Å². The molecule has 0 radical (unpaired) electrons. The molecule has 3 heterocycles. The Morgan fingerprint density at radius 3 is 2.58 bits per heavy atom. The van der Waals surface area contributed by atoms with E-state index in [1.54, 1.807) is 22.7 Å². The molecule has 0 aliphatic carbocycles. The van der Waals surface area contributed by atoms with Crippen LogP contribution in [0.1, 0.15) is 43.3 Å². The van der Waals surface area contributed by atoms with E-state index in [0.29, 0.717) is 31.6 Å². The standard InChI is InChI=1S/C14H17F3N6O/c1-9(24)11-8-23(21-20-11)10-3-6-22(7-4-10)13-18-5-2-12(19-13)14(15,16)17/h2,5,8-10,24H,3-4,6-7H2,1H3/t9-/m0/s1. The Labute approximate surface area is 136 Å². The molecule has 0 spiro atoms. The maximum atomic E-state index is 12.7. The number of aromatic nitrogens is 5. The second-order valence-electron chi connectivity index (χ2n) is 5.76. The molecule has 2 aromatic rings. The molecule has 1 N–H and O–H groups in total.